The third kappa shape index (κ3) is 4.23. The lowest BCUT2D eigenvalue weighted by molar-refractivity contribution is -0.122. The molecule has 30 heavy (non-hydrogen) atoms. The van der Waals surface area contributed by atoms with Crippen molar-refractivity contribution >= 4 is 56.8 Å². The number of hydrogen-bond donors (Lipinski definition) is 1. The quantitative estimate of drug-likeness (QED) is 0.370. The van der Waals surface area contributed by atoms with Crippen LogP contribution < -0.4 is 10.2 Å². The number of rotatable bonds is 5. The van der Waals surface area contributed by atoms with Gasteiger partial charge in [0.1, 0.15) is 0 Å². The van der Waals surface area contributed by atoms with Crippen molar-refractivity contribution in [2.45, 2.75) is 24.7 Å². The van der Waals surface area contributed by atoms with Crippen LogP contribution in [0.1, 0.15) is 18.4 Å². The van der Waals surface area contributed by atoms with E-state index in [2.05, 4.69) is 21.2 Å². The van der Waals surface area contributed by atoms with E-state index in [1.807, 2.05) is 49.4 Å². The average Bonchev–Trinajstić information content (AvgIpc) is 3.00. The monoisotopic (exact) mass is 484 g/mol. The number of hydrogen-bond acceptors (Lipinski definition) is 4. The first-order valence-electron chi connectivity index (χ1n) is 9.75. The molecule has 1 N–H and O–H groups in total. The summed E-state index contributed by atoms with van der Waals surface area (Å²) in [5, 5.41) is 2.92. The first kappa shape index (κ1) is 20.9. The Hall–Kier alpha value is -2.38. The Labute approximate surface area is 188 Å². The number of carbonyl (C=O) groups is 3. The maximum absolute atomic E-state index is 12.7. The van der Waals surface area contributed by atoms with Crippen LogP contribution in [0.5, 0.6) is 0 Å². The van der Waals surface area contributed by atoms with Crippen LogP contribution in [0.3, 0.4) is 0 Å². The molecular weight excluding hydrogens is 464 g/mol. The SMILES string of the molecule is Cc1cc(Br)ccc1NC(=O)CSc1ccc(N2C(=O)[C@H]3CC=CC[C@H]3C2=O)cc1. The predicted molar refractivity (Wildman–Crippen MR) is 123 cm³/mol. The predicted octanol–water partition coefficient (Wildman–Crippen LogP) is 4.94. The van der Waals surface area contributed by atoms with Gasteiger partial charge in [-0.2, -0.15) is 0 Å². The van der Waals surface area contributed by atoms with Crippen LogP contribution in [-0.2, 0) is 14.4 Å². The number of thioether (sulfide) groups is 1. The Kier molecular flexibility index (Phi) is 6.11. The first-order chi connectivity index (χ1) is 14.4. The molecule has 1 fully saturated rings. The molecule has 2 aromatic carbocycles. The topological polar surface area (TPSA) is 66.5 Å². The minimum absolute atomic E-state index is 0.0871. The molecule has 0 aromatic heterocycles. The van der Waals surface area contributed by atoms with E-state index in [9.17, 15) is 14.4 Å². The average molecular weight is 485 g/mol. The molecule has 0 unspecified atom stereocenters. The number of amides is 3. The highest BCUT2D eigenvalue weighted by molar-refractivity contribution is 9.10. The lowest BCUT2D eigenvalue weighted by atomic mass is 9.85. The number of imide groups is 1. The molecule has 0 radical (unpaired) electrons. The fourth-order valence-corrected chi connectivity index (χ4v) is 5.02. The Morgan fingerprint density at radius 3 is 2.30 bits per heavy atom. The van der Waals surface area contributed by atoms with Crippen LogP contribution in [-0.4, -0.2) is 23.5 Å². The van der Waals surface area contributed by atoms with Crippen LogP contribution in [0.2, 0.25) is 0 Å². The molecule has 1 aliphatic carbocycles. The molecular formula is C23H21BrN2O3S. The molecule has 0 bridgehead atoms. The highest BCUT2D eigenvalue weighted by Gasteiger charge is 2.47. The molecule has 0 saturated carbocycles. The zero-order valence-electron chi connectivity index (χ0n) is 16.4. The highest BCUT2D eigenvalue weighted by Crippen LogP contribution is 2.38. The molecule has 2 aliphatic rings. The van der Waals surface area contributed by atoms with E-state index in [4.69, 9.17) is 0 Å². The van der Waals surface area contributed by atoms with Gasteiger partial charge in [-0.3, -0.25) is 19.3 Å². The van der Waals surface area contributed by atoms with Crippen LogP contribution in [0, 0.1) is 18.8 Å². The van der Waals surface area contributed by atoms with Crippen molar-refractivity contribution in [1.82, 2.24) is 0 Å². The Morgan fingerprint density at radius 1 is 1.07 bits per heavy atom. The van der Waals surface area contributed by atoms with Crippen molar-refractivity contribution in [2.24, 2.45) is 11.8 Å². The number of aryl methyl sites for hydroxylation is 1. The number of halogens is 1. The third-order valence-corrected chi connectivity index (χ3v) is 6.94. The van der Waals surface area contributed by atoms with Gasteiger partial charge < -0.3 is 5.32 Å². The number of carbonyl (C=O) groups excluding carboxylic acids is 3. The fraction of sp³-hybridized carbons (Fsp3) is 0.261. The van der Waals surface area contributed by atoms with Crippen LogP contribution in [0.15, 0.2) is 64.0 Å². The van der Waals surface area contributed by atoms with Crippen molar-refractivity contribution in [3.8, 4) is 0 Å². The third-order valence-electron chi connectivity index (χ3n) is 5.43. The second-order valence-electron chi connectivity index (χ2n) is 7.46. The van der Waals surface area contributed by atoms with E-state index in [0.29, 0.717) is 18.5 Å². The molecule has 7 heteroatoms. The maximum Gasteiger partial charge on any atom is 0.238 e. The standard InChI is InChI=1S/C23H21BrN2O3S/c1-14-12-15(24)6-11-20(14)25-21(27)13-30-17-9-7-16(8-10-17)26-22(28)18-4-2-3-5-19(18)23(26)29/h2-3,6-12,18-19H,4-5,13H2,1H3,(H,25,27)/t18-,19+. The number of allylic oxidation sites excluding steroid dienone is 2. The van der Waals surface area contributed by atoms with Crippen molar-refractivity contribution in [3.63, 3.8) is 0 Å². The van der Waals surface area contributed by atoms with Gasteiger partial charge in [0.2, 0.25) is 17.7 Å². The summed E-state index contributed by atoms with van der Waals surface area (Å²) in [6, 6.07) is 13.0. The van der Waals surface area contributed by atoms with Crippen LogP contribution in [0.4, 0.5) is 11.4 Å². The lowest BCUT2D eigenvalue weighted by Crippen LogP contribution is -2.30. The number of anilines is 2. The number of fused-ring (bicyclic) bond motifs is 1. The van der Waals surface area contributed by atoms with E-state index in [0.717, 1.165) is 20.6 Å². The van der Waals surface area contributed by atoms with Gasteiger partial charge >= 0.3 is 0 Å². The van der Waals surface area contributed by atoms with Crippen molar-refractivity contribution in [1.29, 1.82) is 0 Å². The van der Waals surface area contributed by atoms with E-state index in [-0.39, 0.29) is 35.3 Å². The van der Waals surface area contributed by atoms with E-state index in [1.165, 1.54) is 16.7 Å². The molecule has 3 amide bonds. The maximum atomic E-state index is 12.7. The summed E-state index contributed by atoms with van der Waals surface area (Å²) in [7, 11) is 0. The summed E-state index contributed by atoms with van der Waals surface area (Å²) >= 11 is 4.82. The van der Waals surface area contributed by atoms with E-state index >= 15 is 0 Å². The summed E-state index contributed by atoms with van der Waals surface area (Å²) in [5.41, 5.74) is 2.38. The van der Waals surface area contributed by atoms with Crippen molar-refractivity contribution < 1.29 is 14.4 Å². The van der Waals surface area contributed by atoms with Gasteiger partial charge in [0.15, 0.2) is 0 Å². The first-order valence-corrected chi connectivity index (χ1v) is 11.5. The van der Waals surface area contributed by atoms with Gasteiger partial charge in [-0.05, 0) is 67.8 Å². The van der Waals surface area contributed by atoms with E-state index in [1.54, 1.807) is 12.1 Å². The molecule has 2 aromatic rings. The summed E-state index contributed by atoms with van der Waals surface area (Å²) in [4.78, 5) is 39.9. The number of nitrogens with one attached hydrogen (secondary N) is 1. The molecule has 2 atom stereocenters. The largest absolute Gasteiger partial charge is 0.325 e. The summed E-state index contributed by atoms with van der Waals surface area (Å²) in [5.74, 6) is -0.509. The highest BCUT2D eigenvalue weighted by atomic mass is 79.9. The van der Waals surface area contributed by atoms with E-state index < -0.39 is 0 Å². The Morgan fingerprint density at radius 2 is 1.70 bits per heavy atom. The summed E-state index contributed by atoms with van der Waals surface area (Å²) in [6.07, 6.45) is 5.23. The summed E-state index contributed by atoms with van der Waals surface area (Å²) in [6.45, 7) is 1.94. The number of nitrogens with zero attached hydrogens (tertiary/aromatic N) is 1. The minimum Gasteiger partial charge on any atom is -0.325 e. The smallest absolute Gasteiger partial charge is 0.238 e. The van der Waals surface area contributed by atoms with Gasteiger partial charge in [0.25, 0.3) is 0 Å². The number of benzene rings is 2. The molecule has 4 rings (SSSR count). The van der Waals surface area contributed by atoms with Gasteiger partial charge in [-0.15, -0.1) is 11.8 Å². The normalized spacial score (nSPS) is 20.4. The van der Waals surface area contributed by atoms with Gasteiger partial charge in [0, 0.05) is 15.1 Å². The zero-order valence-corrected chi connectivity index (χ0v) is 18.8. The van der Waals surface area contributed by atoms with Gasteiger partial charge in [0.05, 0.1) is 23.3 Å². The second-order valence-corrected chi connectivity index (χ2v) is 9.42. The second kappa shape index (κ2) is 8.78. The molecule has 0 spiro atoms. The van der Waals surface area contributed by atoms with Crippen molar-refractivity contribution in [2.75, 3.05) is 16.0 Å². The lowest BCUT2D eigenvalue weighted by Gasteiger charge is -2.15. The molecule has 154 valence electrons. The zero-order chi connectivity index (χ0) is 21.3. The summed E-state index contributed by atoms with van der Waals surface area (Å²) < 4.78 is 0.970. The fourth-order valence-electron chi connectivity index (χ4n) is 3.85. The van der Waals surface area contributed by atoms with Gasteiger partial charge in [-0.25, -0.2) is 0 Å². The Bertz CT molecular complexity index is 1010. The van der Waals surface area contributed by atoms with Gasteiger partial charge in [-0.1, -0.05) is 28.1 Å². The van der Waals surface area contributed by atoms with Crippen LogP contribution in [0.25, 0.3) is 0 Å². The Balaban J connectivity index is 1.36. The van der Waals surface area contributed by atoms with Crippen LogP contribution >= 0.6 is 27.7 Å². The molecule has 1 aliphatic heterocycles. The minimum atomic E-state index is -0.234. The molecule has 1 heterocycles. The molecule has 5 nitrogen and oxygen atoms in total. The van der Waals surface area contributed by atoms with Crippen molar-refractivity contribution in [3.05, 3.63) is 64.7 Å². The molecule has 1 saturated heterocycles.